The number of benzene rings is 4. The summed E-state index contributed by atoms with van der Waals surface area (Å²) in [6, 6.07) is 36.4. The van der Waals surface area contributed by atoms with Gasteiger partial charge in [0.2, 0.25) is 0 Å². The van der Waals surface area contributed by atoms with Crippen LogP contribution in [0.3, 0.4) is 0 Å². The number of aliphatic hydroxyl groups is 1. The van der Waals surface area contributed by atoms with Crippen LogP contribution in [0.5, 0.6) is 11.5 Å². The van der Waals surface area contributed by atoms with Crippen molar-refractivity contribution in [2.45, 2.75) is 36.3 Å². The van der Waals surface area contributed by atoms with Gasteiger partial charge in [-0.1, -0.05) is 91.0 Å². The molecule has 1 saturated heterocycles. The third kappa shape index (κ3) is 3.36. The maximum Gasteiger partial charge on any atom is 0.157 e. The van der Waals surface area contributed by atoms with Gasteiger partial charge in [-0.2, -0.15) is 0 Å². The van der Waals surface area contributed by atoms with Crippen LogP contribution < -0.4 is 9.47 Å². The Hall–Kier alpha value is -3.60. The second-order valence-electron chi connectivity index (χ2n) is 9.29. The molecule has 0 bridgehead atoms. The van der Waals surface area contributed by atoms with Crippen LogP contribution in [0.15, 0.2) is 109 Å². The van der Waals surface area contributed by atoms with E-state index in [1.165, 1.54) is 0 Å². The molecule has 4 heteroatoms. The zero-order chi connectivity index (χ0) is 23.9. The molecule has 2 fully saturated rings. The summed E-state index contributed by atoms with van der Waals surface area (Å²) in [5, 5.41) is 11.6. The molecule has 6 rings (SSSR count). The molecule has 1 heterocycles. The minimum absolute atomic E-state index is 0.00530. The second-order valence-corrected chi connectivity index (χ2v) is 9.29. The first kappa shape index (κ1) is 21.9. The van der Waals surface area contributed by atoms with Gasteiger partial charge in [0.15, 0.2) is 5.60 Å². The Labute approximate surface area is 205 Å². The summed E-state index contributed by atoms with van der Waals surface area (Å²) >= 11 is 0. The van der Waals surface area contributed by atoms with E-state index in [4.69, 9.17) is 14.2 Å². The van der Waals surface area contributed by atoms with Crippen LogP contribution in [0.1, 0.15) is 34.6 Å². The van der Waals surface area contributed by atoms with Gasteiger partial charge < -0.3 is 19.3 Å². The summed E-state index contributed by atoms with van der Waals surface area (Å²) in [4.78, 5) is 0. The van der Waals surface area contributed by atoms with Crippen molar-refractivity contribution in [3.05, 3.63) is 131 Å². The fourth-order valence-electron chi connectivity index (χ4n) is 5.87. The van der Waals surface area contributed by atoms with Crippen molar-refractivity contribution in [1.29, 1.82) is 0 Å². The molecule has 4 aromatic carbocycles. The Morgan fingerprint density at radius 3 is 2.17 bits per heavy atom. The molecule has 1 aliphatic carbocycles. The summed E-state index contributed by atoms with van der Waals surface area (Å²) in [5.74, 6) is 1.52. The van der Waals surface area contributed by atoms with E-state index in [0.29, 0.717) is 13.0 Å². The molecular weight excluding hydrogens is 436 g/mol. The summed E-state index contributed by atoms with van der Waals surface area (Å²) in [6.45, 7) is 0.446. The average molecular weight is 465 g/mol. The summed E-state index contributed by atoms with van der Waals surface area (Å²) < 4.78 is 18.5. The third-order valence-corrected chi connectivity index (χ3v) is 7.50. The molecule has 0 radical (unpaired) electrons. The van der Waals surface area contributed by atoms with Crippen molar-refractivity contribution in [2.75, 3.05) is 7.11 Å². The van der Waals surface area contributed by atoms with E-state index >= 15 is 0 Å². The highest BCUT2D eigenvalue weighted by atomic mass is 16.6. The first-order valence-electron chi connectivity index (χ1n) is 12.0. The molecule has 4 aromatic rings. The number of epoxide rings is 1. The van der Waals surface area contributed by atoms with E-state index in [2.05, 4.69) is 24.3 Å². The lowest BCUT2D eigenvalue weighted by Gasteiger charge is -2.23. The van der Waals surface area contributed by atoms with Gasteiger partial charge in [-0.05, 0) is 41.3 Å². The molecule has 4 nitrogen and oxygen atoms in total. The van der Waals surface area contributed by atoms with E-state index in [1.54, 1.807) is 7.11 Å². The van der Waals surface area contributed by atoms with Crippen molar-refractivity contribution in [1.82, 2.24) is 0 Å². The number of methoxy groups -OCH3 is 1. The minimum Gasteiger partial charge on any atom is -0.497 e. The lowest BCUT2D eigenvalue weighted by atomic mass is 9.77. The highest BCUT2D eigenvalue weighted by molar-refractivity contribution is 5.55. The van der Waals surface area contributed by atoms with Gasteiger partial charge in [0, 0.05) is 11.5 Å². The Kier molecular flexibility index (Phi) is 5.36. The van der Waals surface area contributed by atoms with E-state index in [-0.39, 0.29) is 5.92 Å². The molecule has 0 amide bonds. The topological polar surface area (TPSA) is 51.2 Å². The number of aliphatic hydroxyl groups excluding tert-OH is 1. The highest BCUT2D eigenvalue weighted by Crippen LogP contribution is 2.76. The molecule has 0 aromatic heterocycles. The number of rotatable bonds is 7. The van der Waals surface area contributed by atoms with Crippen molar-refractivity contribution < 1.29 is 19.3 Å². The molecule has 2 aliphatic rings. The molecular formula is C31H28O4. The maximum absolute atomic E-state index is 11.6. The van der Waals surface area contributed by atoms with Crippen LogP contribution >= 0.6 is 0 Å². The van der Waals surface area contributed by atoms with E-state index < -0.39 is 17.3 Å². The Bertz CT molecular complexity index is 1300. The zero-order valence-electron chi connectivity index (χ0n) is 19.6. The number of hydrogen-bond acceptors (Lipinski definition) is 4. The summed E-state index contributed by atoms with van der Waals surface area (Å²) in [7, 11) is 1.66. The van der Waals surface area contributed by atoms with Crippen LogP contribution in [-0.4, -0.2) is 18.3 Å². The SMILES string of the molecule is COc1ccc(C23OC2(c2ccccc2OCc2ccccc2)C(O)CC3c2ccccc2)cc1. The fourth-order valence-corrected chi connectivity index (χ4v) is 5.87. The van der Waals surface area contributed by atoms with Gasteiger partial charge >= 0.3 is 0 Å². The van der Waals surface area contributed by atoms with Crippen LogP contribution in [-0.2, 0) is 22.5 Å². The van der Waals surface area contributed by atoms with E-state index in [9.17, 15) is 5.11 Å². The predicted molar refractivity (Wildman–Crippen MR) is 134 cm³/mol. The van der Waals surface area contributed by atoms with Crippen LogP contribution in [0, 0.1) is 0 Å². The van der Waals surface area contributed by atoms with Gasteiger partial charge in [-0.3, -0.25) is 0 Å². The normalized spacial score (nSPS) is 26.7. The fraction of sp³-hybridized carbons (Fsp3) is 0.226. The quantitative estimate of drug-likeness (QED) is 0.344. The third-order valence-electron chi connectivity index (χ3n) is 7.50. The average Bonchev–Trinajstić information content (AvgIpc) is 3.57. The van der Waals surface area contributed by atoms with E-state index in [0.717, 1.165) is 33.8 Å². The maximum atomic E-state index is 11.6. The summed E-state index contributed by atoms with van der Waals surface area (Å²) in [6.07, 6.45) is -0.0837. The van der Waals surface area contributed by atoms with Crippen LogP contribution in [0.2, 0.25) is 0 Å². The zero-order valence-corrected chi connectivity index (χ0v) is 19.6. The van der Waals surface area contributed by atoms with Gasteiger partial charge in [0.25, 0.3) is 0 Å². The molecule has 4 unspecified atom stereocenters. The lowest BCUT2D eigenvalue weighted by Crippen LogP contribution is -2.28. The lowest BCUT2D eigenvalue weighted by molar-refractivity contribution is 0.0521. The monoisotopic (exact) mass is 464 g/mol. The molecule has 1 N–H and O–H groups in total. The number of fused-ring (bicyclic) bond motifs is 1. The predicted octanol–water partition coefficient (Wildman–Crippen LogP) is 5.94. The van der Waals surface area contributed by atoms with Crippen molar-refractivity contribution in [3.8, 4) is 11.5 Å². The largest absolute Gasteiger partial charge is 0.497 e. The van der Waals surface area contributed by atoms with E-state index in [1.807, 2.05) is 84.9 Å². The van der Waals surface area contributed by atoms with Gasteiger partial charge in [0.1, 0.15) is 23.7 Å². The Morgan fingerprint density at radius 2 is 1.46 bits per heavy atom. The summed E-state index contributed by atoms with van der Waals surface area (Å²) in [5.41, 5.74) is 2.57. The van der Waals surface area contributed by atoms with Crippen molar-refractivity contribution in [3.63, 3.8) is 0 Å². The van der Waals surface area contributed by atoms with Crippen LogP contribution in [0.4, 0.5) is 0 Å². The molecule has 4 atom stereocenters. The molecule has 1 saturated carbocycles. The second kappa shape index (κ2) is 8.56. The number of ether oxygens (including phenoxy) is 3. The Morgan fingerprint density at radius 1 is 0.800 bits per heavy atom. The minimum atomic E-state index is -0.893. The van der Waals surface area contributed by atoms with Gasteiger partial charge in [-0.15, -0.1) is 0 Å². The number of hydrogen-bond donors (Lipinski definition) is 1. The smallest absolute Gasteiger partial charge is 0.157 e. The van der Waals surface area contributed by atoms with Crippen LogP contribution in [0.25, 0.3) is 0 Å². The van der Waals surface area contributed by atoms with Gasteiger partial charge in [0.05, 0.1) is 13.2 Å². The molecule has 176 valence electrons. The molecule has 35 heavy (non-hydrogen) atoms. The van der Waals surface area contributed by atoms with Gasteiger partial charge in [-0.25, -0.2) is 0 Å². The van der Waals surface area contributed by atoms with Crippen molar-refractivity contribution >= 4 is 0 Å². The highest BCUT2D eigenvalue weighted by Gasteiger charge is 2.82. The molecule has 0 spiro atoms. The number of para-hydroxylation sites is 1. The Balaban J connectivity index is 1.45. The molecule has 1 aliphatic heterocycles. The first-order valence-corrected chi connectivity index (χ1v) is 12.0. The first-order chi connectivity index (χ1) is 17.2. The standard InChI is InChI=1S/C31H28O4/c1-33-25-18-16-24(17-19-25)30-27(23-12-6-3-7-13-23)20-29(32)31(30,35-30)26-14-8-9-15-28(26)34-21-22-10-4-2-5-11-22/h2-19,27,29,32H,20-21H2,1H3. The van der Waals surface area contributed by atoms with Crippen molar-refractivity contribution in [2.24, 2.45) is 0 Å².